The van der Waals surface area contributed by atoms with Crippen LogP contribution in [0.5, 0.6) is 5.75 Å². The average Bonchev–Trinajstić information content (AvgIpc) is 3.16. The van der Waals surface area contributed by atoms with Gasteiger partial charge in [0.1, 0.15) is 17.3 Å². The Balaban J connectivity index is 1.36. The fourth-order valence-electron chi connectivity index (χ4n) is 4.10. The predicted octanol–water partition coefficient (Wildman–Crippen LogP) is 4.43. The van der Waals surface area contributed by atoms with E-state index in [0.29, 0.717) is 35.3 Å². The maximum absolute atomic E-state index is 12.9. The number of benzene rings is 2. The molecule has 8 heteroatoms. The topological polar surface area (TPSA) is 99.2 Å². The normalized spacial score (nSPS) is 13.4. The second-order valence-corrected chi connectivity index (χ2v) is 8.02. The van der Waals surface area contributed by atoms with Gasteiger partial charge in [-0.3, -0.25) is 19.5 Å². The van der Waals surface area contributed by atoms with Gasteiger partial charge in [-0.15, -0.1) is 0 Å². The highest BCUT2D eigenvalue weighted by atomic mass is 16.5. The molecule has 2 aromatic carbocycles. The molecular weight excluding hydrogens is 420 g/mol. The number of carbonyl (C=O) groups is 1. The van der Waals surface area contributed by atoms with E-state index in [0.717, 1.165) is 42.8 Å². The summed E-state index contributed by atoms with van der Waals surface area (Å²) in [6.07, 6.45) is 3.85. The number of carbonyl (C=O) groups excluding carboxylic acids is 1. The van der Waals surface area contributed by atoms with Crippen molar-refractivity contribution in [3.8, 4) is 17.0 Å². The quantitative estimate of drug-likeness (QED) is 0.489. The van der Waals surface area contributed by atoms with Crippen molar-refractivity contribution in [2.75, 3.05) is 11.9 Å². The van der Waals surface area contributed by atoms with Gasteiger partial charge in [0.15, 0.2) is 0 Å². The van der Waals surface area contributed by atoms with Gasteiger partial charge >= 0.3 is 0 Å². The third-order valence-electron chi connectivity index (χ3n) is 5.79. The molecule has 0 atom stereocenters. The van der Waals surface area contributed by atoms with Crippen LogP contribution in [-0.2, 0) is 13.0 Å². The highest BCUT2D eigenvalue weighted by Gasteiger charge is 2.16. The average molecular weight is 444 g/mol. The fourth-order valence-corrected chi connectivity index (χ4v) is 4.10. The minimum atomic E-state index is -0.358. The Labute approximate surface area is 190 Å². The maximum atomic E-state index is 12.9. The Bertz CT molecular complexity index is 1370. The minimum Gasteiger partial charge on any atom is -0.494 e. The third-order valence-corrected chi connectivity index (χ3v) is 5.79. The van der Waals surface area contributed by atoms with E-state index in [9.17, 15) is 9.59 Å². The number of ether oxygens (including phenoxy) is 1. The first-order valence-corrected chi connectivity index (χ1v) is 11.2. The largest absolute Gasteiger partial charge is 0.494 e. The fraction of sp³-hybridized carbons (Fsp3) is 0.280. The van der Waals surface area contributed by atoms with Gasteiger partial charge in [-0.2, -0.15) is 0 Å². The van der Waals surface area contributed by atoms with Gasteiger partial charge in [0.05, 0.1) is 17.5 Å². The SMILES string of the molecule is CCOc1ccc(-c2cc(NC(=O)c3ccc4c(=O)n5c(nc4c3)CCCCC5)on2)cc1. The van der Waals surface area contributed by atoms with Crippen molar-refractivity contribution in [2.24, 2.45) is 0 Å². The van der Waals surface area contributed by atoms with Gasteiger partial charge in [0, 0.05) is 30.2 Å². The van der Waals surface area contributed by atoms with Gasteiger partial charge < -0.3 is 9.26 Å². The van der Waals surface area contributed by atoms with Gasteiger partial charge in [-0.25, -0.2) is 4.98 Å². The second kappa shape index (κ2) is 8.90. The van der Waals surface area contributed by atoms with Crippen molar-refractivity contribution < 1.29 is 14.1 Å². The van der Waals surface area contributed by atoms with Gasteiger partial charge in [0.25, 0.3) is 11.5 Å². The number of anilines is 1. The van der Waals surface area contributed by atoms with E-state index in [1.165, 1.54) is 0 Å². The summed E-state index contributed by atoms with van der Waals surface area (Å²) in [5, 5.41) is 7.29. The number of amides is 1. The monoisotopic (exact) mass is 444 g/mol. The summed E-state index contributed by atoms with van der Waals surface area (Å²) >= 11 is 0. The lowest BCUT2D eigenvalue weighted by Gasteiger charge is -2.10. The molecule has 33 heavy (non-hydrogen) atoms. The number of fused-ring (bicyclic) bond motifs is 2. The maximum Gasteiger partial charge on any atom is 0.261 e. The number of rotatable bonds is 5. The number of aromatic nitrogens is 3. The van der Waals surface area contributed by atoms with Crippen LogP contribution in [-0.4, -0.2) is 27.2 Å². The van der Waals surface area contributed by atoms with E-state index < -0.39 is 0 Å². The Morgan fingerprint density at radius 2 is 1.97 bits per heavy atom. The minimum absolute atomic E-state index is 0.0425. The summed E-state index contributed by atoms with van der Waals surface area (Å²) in [5.74, 6) is 1.44. The van der Waals surface area contributed by atoms with E-state index in [2.05, 4.69) is 15.5 Å². The molecule has 5 rings (SSSR count). The molecular formula is C25H24N4O4. The van der Waals surface area contributed by atoms with Crippen LogP contribution in [0.25, 0.3) is 22.2 Å². The zero-order chi connectivity index (χ0) is 22.8. The van der Waals surface area contributed by atoms with Crippen LogP contribution < -0.4 is 15.6 Å². The molecule has 2 aromatic heterocycles. The molecule has 3 heterocycles. The third kappa shape index (κ3) is 4.24. The molecule has 0 spiro atoms. The molecule has 4 aromatic rings. The Hall–Kier alpha value is -3.94. The van der Waals surface area contributed by atoms with Crippen molar-refractivity contribution in [1.82, 2.24) is 14.7 Å². The summed E-state index contributed by atoms with van der Waals surface area (Å²) in [4.78, 5) is 30.4. The number of hydrogen-bond acceptors (Lipinski definition) is 6. The molecule has 0 fully saturated rings. The summed E-state index contributed by atoms with van der Waals surface area (Å²) in [5.41, 5.74) is 2.34. The lowest BCUT2D eigenvalue weighted by atomic mass is 10.1. The van der Waals surface area contributed by atoms with E-state index in [1.54, 1.807) is 28.8 Å². The van der Waals surface area contributed by atoms with Crippen molar-refractivity contribution in [2.45, 2.75) is 39.2 Å². The summed E-state index contributed by atoms with van der Waals surface area (Å²) < 4.78 is 12.5. The van der Waals surface area contributed by atoms with Gasteiger partial charge in [0.2, 0.25) is 5.88 Å². The zero-order valence-corrected chi connectivity index (χ0v) is 18.3. The lowest BCUT2D eigenvalue weighted by Crippen LogP contribution is -2.24. The predicted molar refractivity (Wildman–Crippen MR) is 125 cm³/mol. The summed E-state index contributed by atoms with van der Waals surface area (Å²) in [6, 6.07) is 14.1. The summed E-state index contributed by atoms with van der Waals surface area (Å²) in [6.45, 7) is 3.22. The van der Waals surface area contributed by atoms with Crippen LogP contribution in [0.2, 0.25) is 0 Å². The van der Waals surface area contributed by atoms with E-state index >= 15 is 0 Å². The van der Waals surface area contributed by atoms with Gasteiger partial charge in [-0.1, -0.05) is 11.6 Å². The molecule has 0 bridgehead atoms. The van der Waals surface area contributed by atoms with Crippen LogP contribution in [0, 0.1) is 0 Å². The van der Waals surface area contributed by atoms with Crippen LogP contribution in [0.4, 0.5) is 5.88 Å². The van der Waals surface area contributed by atoms with E-state index in [1.807, 2.05) is 31.2 Å². The number of aryl methyl sites for hydroxylation is 1. The van der Waals surface area contributed by atoms with Crippen molar-refractivity contribution >= 4 is 22.7 Å². The smallest absolute Gasteiger partial charge is 0.261 e. The van der Waals surface area contributed by atoms with Crippen molar-refractivity contribution in [3.05, 3.63) is 70.3 Å². The first-order chi connectivity index (χ1) is 16.1. The molecule has 0 saturated heterocycles. The van der Waals surface area contributed by atoms with Crippen molar-refractivity contribution in [1.29, 1.82) is 0 Å². The highest BCUT2D eigenvalue weighted by Crippen LogP contribution is 2.25. The van der Waals surface area contributed by atoms with Crippen LogP contribution >= 0.6 is 0 Å². The molecule has 1 aliphatic rings. The van der Waals surface area contributed by atoms with E-state index in [-0.39, 0.29) is 17.4 Å². The Morgan fingerprint density at radius 1 is 1.12 bits per heavy atom. The molecule has 0 saturated carbocycles. The number of nitrogens with one attached hydrogen (secondary N) is 1. The molecule has 1 amide bonds. The van der Waals surface area contributed by atoms with Gasteiger partial charge in [-0.05, 0) is 62.2 Å². The van der Waals surface area contributed by atoms with Crippen molar-refractivity contribution in [3.63, 3.8) is 0 Å². The second-order valence-electron chi connectivity index (χ2n) is 8.02. The number of nitrogens with zero attached hydrogens (tertiary/aromatic N) is 3. The molecule has 168 valence electrons. The van der Waals surface area contributed by atoms with Crippen LogP contribution in [0.3, 0.4) is 0 Å². The highest BCUT2D eigenvalue weighted by molar-refractivity contribution is 6.05. The molecule has 1 aliphatic heterocycles. The summed E-state index contributed by atoms with van der Waals surface area (Å²) in [7, 11) is 0. The lowest BCUT2D eigenvalue weighted by molar-refractivity contribution is 0.102. The molecule has 0 radical (unpaired) electrons. The standard InChI is InChI=1S/C25H24N4O4/c1-2-32-18-10-7-16(8-11-18)20-15-23(33-28-20)27-24(30)17-9-12-19-21(14-17)26-22-6-4-3-5-13-29(22)25(19)31/h7-12,14-15H,2-6,13H2,1H3,(H,27,30). The molecule has 1 N–H and O–H groups in total. The zero-order valence-electron chi connectivity index (χ0n) is 18.3. The Kier molecular flexibility index (Phi) is 5.64. The first kappa shape index (κ1) is 20.9. The van der Waals surface area contributed by atoms with Crippen LogP contribution in [0.15, 0.2) is 57.8 Å². The molecule has 0 aliphatic carbocycles. The first-order valence-electron chi connectivity index (χ1n) is 11.2. The molecule has 8 nitrogen and oxygen atoms in total. The molecule has 0 unspecified atom stereocenters. The van der Waals surface area contributed by atoms with Crippen LogP contribution in [0.1, 0.15) is 42.4 Å². The Morgan fingerprint density at radius 3 is 2.79 bits per heavy atom. The number of hydrogen-bond donors (Lipinski definition) is 1. The van der Waals surface area contributed by atoms with E-state index in [4.69, 9.17) is 9.26 Å².